The van der Waals surface area contributed by atoms with Crippen molar-refractivity contribution < 1.29 is 9.18 Å². The summed E-state index contributed by atoms with van der Waals surface area (Å²) >= 11 is 1.45. The van der Waals surface area contributed by atoms with Gasteiger partial charge in [0.25, 0.3) is 5.91 Å². The SMILES string of the molecule is CC(C)(C)c1ccc(C(=O)NCCc2csc3nc(-c4ccccc4F)nn23)cc1. The lowest BCUT2D eigenvalue weighted by atomic mass is 9.87. The molecule has 30 heavy (non-hydrogen) atoms. The highest BCUT2D eigenvalue weighted by Gasteiger charge is 2.16. The topological polar surface area (TPSA) is 59.3 Å². The molecule has 2 aromatic carbocycles. The summed E-state index contributed by atoms with van der Waals surface area (Å²) in [6.45, 7) is 6.91. The quantitative estimate of drug-likeness (QED) is 0.499. The lowest BCUT2D eigenvalue weighted by Gasteiger charge is -2.19. The highest BCUT2D eigenvalue weighted by Crippen LogP contribution is 2.24. The minimum atomic E-state index is -0.345. The Bertz CT molecular complexity index is 1190. The standard InChI is InChI=1S/C23H23FN4OS/c1-23(2,3)16-10-8-15(9-11-16)21(29)25-13-12-17-14-30-22-26-20(27-28(17)22)18-6-4-5-7-19(18)24/h4-11,14H,12-13H2,1-3H3,(H,25,29). The van der Waals surface area contributed by atoms with Gasteiger partial charge < -0.3 is 5.32 Å². The molecule has 0 saturated carbocycles. The lowest BCUT2D eigenvalue weighted by Crippen LogP contribution is -2.26. The van der Waals surface area contributed by atoms with Gasteiger partial charge in [0.2, 0.25) is 4.96 Å². The van der Waals surface area contributed by atoms with E-state index in [1.54, 1.807) is 22.7 Å². The van der Waals surface area contributed by atoms with Gasteiger partial charge in [0.05, 0.1) is 11.3 Å². The van der Waals surface area contributed by atoms with Crippen molar-refractivity contribution in [3.63, 3.8) is 0 Å². The van der Waals surface area contributed by atoms with Crippen LogP contribution in [0.1, 0.15) is 42.4 Å². The number of carbonyl (C=O) groups excluding carboxylic acids is 1. The van der Waals surface area contributed by atoms with Crippen LogP contribution in [-0.2, 0) is 11.8 Å². The van der Waals surface area contributed by atoms with Crippen molar-refractivity contribution in [2.24, 2.45) is 0 Å². The molecule has 7 heteroatoms. The molecule has 0 bridgehead atoms. The molecule has 1 N–H and O–H groups in total. The summed E-state index contributed by atoms with van der Waals surface area (Å²) in [5.74, 6) is -0.0845. The number of carbonyl (C=O) groups is 1. The molecule has 4 aromatic rings. The van der Waals surface area contributed by atoms with Gasteiger partial charge >= 0.3 is 0 Å². The molecule has 0 unspecified atom stereocenters. The molecule has 0 aliphatic heterocycles. The van der Waals surface area contributed by atoms with Gasteiger partial charge in [-0.25, -0.2) is 8.91 Å². The summed E-state index contributed by atoms with van der Waals surface area (Å²) in [6.07, 6.45) is 0.603. The van der Waals surface area contributed by atoms with Crippen molar-refractivity contribution in [2.45, 2.75) is 32.6 Å². The average Bonchev–Trinajstić information content (AvgIpc) is 3.29. The Morgan fingerprint density at radius 3 is 2.57 bits per heavy atom. The van der Waals surface area contributed by atoms with Crippen LogP contribution in [0, 0.1) is 5.82 Å². The third-order valence-electron chi connectivity index (χ3n) is 4.94. The Balaban J connectivity index is 1.42. The first-order valence-electron chi connectivity index (χ1n) is 9.80. The molecular formula is C23H23FN4OS. The van der Waals surface area contributed by atoms with Crippen molar-refractivity contribution in [1.29, 1.82) is 0 Å². The van der Waals surface area contributed by atoms with Crippen LogP contribution in [0.4, 0.5) is 4.39 Å². The fourth-order valence-electron chi connectivity index (χ4n) is 3.18. The Morgan fingerprint density at radius 1 is 1.13 bits per heavy atom. The van der Waals surface area contributed by atoms with Gasteiger partial charge in [0.15, 0.2) is 5.82 Å². The van der Waals surface area contributed by atoms with Crippen LogP contribution >= 0.6 is 11.3 Å². The first kappa shape index (κ1) is 20.2. The smallest absolute Gasteiger partial charge is 0.251 e. The fourth-order valence-corrected chi connectivity index (χ4v) is 4.04. The van der Waals surface area contributed by atoms with E-state index in [2.05, 4.69) is 36.2 Å². The van der Waals surface area contributed by atoms with Crippen molar-refractivity contribution >= 4 is 22.2 Å². The van der Waals surface area contributed by atoms with Gasteiger partial charge in [-0.05, 0) is 35.2 Å². The molecule has 0 spiro atoms. The predicted molar refractivity (Wildman–Crippen MR) is 117 cm³/mol. The second-order valence-corrected chi connectivity index (χ2v) is 9.01. The Morgan fingerprint density at radius 2 is 1.87 bits per heavy atom. The number of nitrogens with one attached hydrogen (secondary N) is 1. The first-order chi connectivity index (χ1) is 14.3. The zero-order valence-electron chi connectivity index (χ0n) is 17.1. The summed E-state index contributed by atoms with van der Waals surface area (Å²) in [5, 5.41) is 9.37. The highest BCUT2D eigenvalue weighted by atomic mass is 32.1. The predicted octanol–water partition coefficient (Wildman–Crippen LogP) is 4.87. The van der Waals surface area contributed by atoms with E-state index in [9.17, 15) is 9.18 Å². The third kappa shape index (κ3) is 4.11. The average molecular weight is 423 g/mol. The number of hydrogen-bond donors (Lipinski definition) is 1. The Hall–Kier alpha value is -3.06. The van der Waals surface area contributed by atoms with Crippen molar-refractivity contribution in [3.8, 4) is 11.4 Å². The fraction of sp³-hybridized carbons (Fsp3) is 0.261. The first-order valence-corrected chi connectivity index (χ1v) is 10.7. The number of hydrogen-bond acceptors (Lipinski definition) is 4. The lowest BCUT2D eigenvalue weighted by molar-refractivity contribution is 0.0954. The molecule has 5 nitrogen and oxygen atoms in total. The Labute approximate surface area is 178 Å². The number of nitrogens with zero attached hydrogens (tertiary/aromatic N) is 3. The minimum absolute atomic E-state index is 0.0542. The van der Waals surface area contributed by atoms with Gasteiger partial charge in [-0.1, -0.05) is 45.0 Å². The Kier molecular flexibility index (Phi) is 5.39. The van der Waals surface area contributed by atoms with Gasteiger partial charge in [-0.15, -0.1) is 16.4 Å². The second-order valence-electron chi connectivity index (χ2n) is 8.17. The van der Waals surface area contributed by atoms with E-state index < -0.39 is 0 Å². The van der Waals surface area contributed by atoms with Crippen LogP contribution in [0.15, 0.2) is 53.9 Å². The summed E-state index contributed by atoms with van der Waals surface area (Å²) in [7, 11) is 0. The molecule has 0 aliphatic carbocycles. The molecular weight excluding hydrogens is 399 g/mol. The number of rotatable bonds is 5. The molecule has 0 saturated heterocycles. The van der Waals surface area contributed by atoms with E-state index >= 15 is 0 Å². The molecule has 0 aliphatic rings. The van der Waals surface area contributed by atoms with Crippen molar-refractivity contribution in [3.05, 3.63) is 76.5 Å². The maximum absolute atomic E-state index is 14.0. The third-order valence-corrected chi connectivity index (χ3v) is 5.81. The molecule has 1 amide bonds. The normalized spacial score (nSPS) is 11.7. The second kappa shape index (κ2) is 7.99. The van der Waals surface area contributed by atoms with E-state index in [1.165, 1.54) is 23.0 Å². The summed E-state index contributed by atoms with van der Waals surface area (Å²) in [5.41, 5.74) is 3.19. The molecule has 2 heterocycles. The molecule has 2 aromatic heterocycles. The van der Waals surface area contributed by atoms with Crippen molar-refractivity contribution in [2.75, 3.05) is 6.54 Å². The van der Waals surface area contributed by atoms with Gasteiger partial charge in [0, 0.05) is 23.9 Å². The number of benzene rings is 2. The summed E-state index contributed by atoms with van der Waals surface area (Å²) in [6, 6.07) is 14.2. The van der Waals surface area contributed by atoms with Crippen LogP contribution in [0.5, 0.6) is 0 Å². The number of halogens is 1. The zero-order valence-corrected chi connectivity index (χ0v) is 18.0. The number of fused-ring (bicyclic) bond motifs is 1. The molecule has 0 atom stereocenters. The number of thiazole rings is 1. The summed E-state index contributed by atoms with van der Waals surface area (Å²) in [4.78, 5) is 17.6. The van der Waals surface area contributed by atoms with Gasteiger partial charge in [-0.3, -0.25) is 4.79 Å². The van der Waals surface area contributed by atoms with E-state index in [1.807, 2.05) is 29.6 Å². The molecule has 0 radical (unpaired) electrons. The number of amides is 1. The number of aromatic nitrogens is 3. The highest BCUT2D eigenvalue weighted by molar-refractivity contribution is 7.15. The monoisotopic (exact) mass is 422 g/mol. The molecule has 4 rings (SSSR count). The molecule has 154 valence electrons. The van der Waals surface area contributed by atoms with Crippen LogP contribution < -0.4 is 5.32 Å². The van der Waals surface area contributed by atoms with Crippen molar-refractivity contribution in [1.82, 2.24) is 19.9 Å². The van der Waals surface area contributed by atoms with Crippen LogP contribution in [-0.4, -0.2) is 27.0 Å². The maximum Gasteiger partial charge on any atom is 0.251 e. The largest absolute Gasteiger partial charge is 0.352 e. The van der Waals surface area contributed by atoms with Gasteiger partial charge in [-0.2, -0.15) is 4.98 Å². The van der Waals surface area contributed by atoms with Crippen LogP contribution in [0.2, 0.25) is 0 Å². The van der Waals surface area contributed by atoms with Crippen LogP contribution in [0.25, 0.3) is 16.3 Å². The molecule has 0 fully saturated rings. The minimum Gasteiger partial charge on any atom is -0.352 e. The van der Waals surface area contributed by atoms with E-state index in [0.717, 1.165) is 5.69 Å². The van der Waals surface area contributed by atoms with E-state index in [0.29, 0.717) is 34.9 Å². The summed E-state index contributed by atoms with van der Waals surface area (Å²) < 4.78 is 15.7. The van der Waals surface area contributed by atoms with E-state index in [-0.39, 0.29) is 17.1 Å². The maximum atomic E-state index is 14.0. The zero-order chi connectivity index (χ0) is 21.3. The van der Waals surface area contributed by atoms with E-state index in [4.69, 9.17) is 0 Å². The van der Waals surface area contributed by atoms with Crippen LogP contribution in [0.3, 0.4) is 0 Å². The van der Waals surface area contributed by atoms with Gasteiger partial charge in [0.1, 0.15) is 5.82 Å².